The van der Waals surface area contributed by atoms with Crippen LogP contribution in [0.4, 0.5) is 0 Å². The molecule has 0 aromatic heterocycles. The Hall–Kier alpha value is -2.20. The molecule has 1 fully saturated rings. The third-order valence-corrected chi connectivity index (χ3v) is 10.6. The Labute approximate surface area is 363 Å². The van der Waals surface area contributed by atoms with Crippen LogP contribution in [-0.4, -0.2) is 97.5 Å². The minimum Gasteiger partial charge on any atom is -0.457 e. The lowest BCUT2D eigenvalue weighted by atomic mass is 9.99. The molecule has 60 heavy (non-hydrogen) atoms. The number of rotatable bonds is 39. The largest absolute Gasteiger partial charge is 0.457 e. The maximum Gasteiger partial charge on any atom is 0.397 e. The molecule has 0 aromatic rings. The Bertz CT molecular complexity index is 1280. The van der Waals surface area contributed by atoms with Gasteiger partial charge in [0, 0.05) is 13.0 Å². The van der Waals surface area contributed by atoms with Crippen molar-refractivity contribution in [1.82, 2.24) is 0 Å². The first-order chi connectivity index (χ1) is 29.1. The summed E-state index contributed by atoms with van der Waals surface area (Å²) in [6, 6.07) is 0. The highest BCUT2D eigenvalue weighted by Gasteiger charge is 2.48. The van der Waals surface area contributed by atoms with Gasteiger partial charge in [0.05, 0.1) is 19.8 Å². The highest BCUT2D eigenvalue weighted by atomic mass is 32.3. The molecule has 1 heterocycles. The highest BCUT2D eigenvalue weighted by Crippen LogP contribution is 2.26. The van der Waals surface area contributed by atoms with Gasteiger partial charge in [-0.05, 0) is 77.0 Å². The van der Waals surface area contributed by atoms with Gasteiger partial charge in [0.15, 0.2) is 6.29 Å². The number of esters is 1. The molecule has 348 valence electrons. The fourth-order valence-corrected chi connectivity index (χ4v) is 7.17. The average Bonchev–Trinajstić information content (AvgIpc) is 3.22. The molecule has 0 radical (unpaired) electrons. The van der Waals surface area contributed by atoms with Crippen LogP contribution in [0.25, 0.3) is 0 Å². The van der Waals surface area contributed by atoms with Gasteiger partial charge in [0.2, 0.25) is 0 Å². The summed E-state index contributed by atoms with van der Waals surface area (Å²) < 4.78 is 59.0. The van der Waals surface area contributed by atoms with Gasteiger partial charge in [-0.15, -0.1) is 0 Å². The zero-order chi connectivity index (χ0) is 43.9. The number of unbranched alkanes of at least 4 members (excludes halogenated alkanes) is 16. The van der Waals surface area contributed by atoms with Crippen molar-refractivity contribution in [3.05, 3.63) is 60.8 Å². The molecule has 0 amide bonds. The molecule has 1 aliphatic heterocycles. The van der Waals surface area contributed by atoms with Gasteiger partial charge in [-0.3, -0.25) is 9.35 Å². The highest BCUT2D eigenvalue weighted by molar-refractivity contribution is 7.80. The third-order valence-electron chi connectivity index (χ3n) is 10.1. The van der Waals surface area contributed by atoms with E-state index < -0.39 is 59.8 Å². The summed E-state index contributed by atoms with van der Waals surface area (Å²) in [6.45, 7) is 3.80. The van der Waals surface area contributed by atoms with Crippen LogP contribution in [0, 0.1) is 0 Å². The number of carbonyl (C=O) groups excluding carboxylic acids is 1. The quantitative estimate of drug-likeness (QED) is 0.0199. The van der Waals surface area contributed by atoms with Gasteiger partial charge in [0.1, 0.15) is 30.5 Å². The van der Waals surface area contributed by atoms with Crippen LogP contribution in [0.15, 0.2) is 60.8 Å². The molecule has 0 aromatic carbocycles. The summed E-state index contributed by atoms with van der Waals surface area (Å²) in [4.78, 5) is 12.8. The van der Waals surface area contributed by atoms with Crippen LogP contribution in [0.3, 0.4) is 0 Å². The minimum atomic E-state index is -5.07. The van der Waals surface area contributed by atoms with Gasteiger partial charge in [-0.1, -0.05) is 145 Å². The predicted octanol–water partition coefficient (Wildman–Crippen LogP) is 9.74. The van der Waals surface area contributed by atoms with E-state index in [0.29, 0.717) is 13.0 Å². The van der Waals surface area contributed by atoms with E-state index in [-0.39, 0.29) is 19.6 Å². The van der Waals surface area contributed by atoms with E-state index in [1.807, 2.05) is 0 Å². The molecule has 1 aliphatic rings. The number of aliphatic hydroxyl groups excluding tert-OH is 3. The van der Waals surface area contributed by atoms with Crippen LogP contribution in [0.5, 0.6) is 0 Å². The van der Waals surface area contributed by atoms with Crippen molar-refractivity contribution < 1.29 is 56.2 Å². The molecule has 12 nitrogen and oxygen atoms in total. The zero-order valence-electron chi connectivity index (χ0n) is 37.0. The van der Waals surface area contributed by atoms with Gasteiger partial charge < -0.3 is 34.3 Å². The van der Waals surface area contributed by atoms with Crippen molar-refractivity contribution in [2.45, 2.75) is 205 Å². The van der Waals surface area contributed by atoms with Gasteiger partial charge in [0.25, 0.3) is 0 Å². The molecular weight excluding hydrogens is 789 g/mol. The number of hydrogen-bond donors (Lipinski definition) is 4. The monoisotopic (exact) mass is 871 g/mol. The summed E-state index contributed by atoms with van der Waals surface area (Å²) in [5, 5.41) is 30.7. The summed E-state index contributed by atoms with van der Waals surface area (Å²) in [7, 11) is -5.07. The van der Waals surface area contributed by atoms with Gasteiger partial charge >= 0.3 is 16.4 Å². The summed E-state index contributed by atoms with van der Waals surface area (Å²) in [6.07, 6.45) is 38.3. The lowest BCUT2D eigenvalue weighted by molar-refractivity contribution is -0.301. The number of carbonyl (C=O) groups is 1. The number of hydrogen-bond acceptors (Lipinski definition) is 11. The average molecular weight is 871 g/mol. The Morgan fingerprint density at radius 3 is 1.70 bits per heavy atom. The molecule has 6 unspecified atom stereocenters. The number of ether oxygens (including phenoxy) is 4. The SMILES string of the molecule is CC/C=C\C/C=C\C/C=C\C/C=C\CCCCC(=O)OC(COCCCCCCCCCC/C=C\CCCCCCCC)COC1OC(CO)C(O)C(OS(=O)(=O)O)C1O. The van der Waals surface area contributed by atoms with Crippen LogP contribution < -0.4 is 0 Å². The molecule has 0 bridgehead atoms. The van der Waals surface area contributed by atoms with Crippen molar-refractivity contribution >= 4 is 16.4 Å². The second kappa shape index (κ2) is 38.5. The molecule has 0 spiro atoms. The molecular formula is C47H82O12S. The molecule has 1 saturated heterocycles. The fourth-order valence-electron chi connectivity index (χ4n) is 6.66. The minimum absolute atomic E-state index is 0.0148. The standard InChI is InChI=1S/C47H82O12S/c1-3-5-7-9-11-13-15-17-19-20-21-23-25-27-29-31-33-35-37-55-39-41(40-56-47-45(51)46(59-60(52,53)54)44(50)42(38-48)58-47)57-43(49)36-34-32-30-28-26-24-22-18-16-14-12-10-8-6-4-2/h6,8,12,14,17-19,22,26,28,41-42,44-48,50-51H,3-5,7,9-11,13,15-16,20-21,23-25,27,29-40H2,1-2H3,(H,52,53,54)/b8-6-,14-12-,19-17-,22-18-,28-26-. The Balaban J connectivity index is 2.45. The molecule has 0 aliphatic carbocycles. The van der Waals surface area contributed by atoms with Crippen molar-refractivity contribution in [3.8, 4) is 0 Å². The summed E-state index contributed by atoms with van der Waals surface area (Å²) in [5.74, 6) is -0.442. The van der Waals surface area contributed by atoms with Gasteiger partial charge in [-0.2, -0.15) is 8.42 Å². The molecule has 1 rings (SSSR count). The van der Waals surface area contributed by atoms with E-state index in [4.69, 9.17) is 23.5 Å². The first-order valence-corrected chi connectivity index (χ1v) is 24.4. The maximum atomic E-state index is 12.8. The summed E-state index contributed by atoms with van der Waals surface area (Å²) >= 11 is 0. The van der Waals surface area contributed by atoms with Crippen molar-refractivity contribution in [2.24, 2.45) is 0 Å². The predicted molar refractivity (Wildman–Crippen MR) is 239 cm³/mol. The molecule has 4 N–H and O–H groups in total. The van der Waals surface area contributed by atoms with E-state index in [2.05, 4.69) is 78.8 Å². The maximum absolute atomic E-state index is 12.8. The summed E-state index contributed by atoms with van der Waals surface area (Å²) in [5.41, 5.74) is 0. The number of aliphatic hydroxyl groups is 3. The first kappa shape index (κ1) is 55.8. The van der Waals surface area contributed by atoms with Crippen LogP contribution in [0.2, 0.25) is 0 Å². The van der Waals surface area contributed by atoms with Gasteiger partial charge in [-0.25, -0.2) is 4.18 Å². The molecule has 0 saturated carbocycles. The first-order valence-electron chi connectivity index (χ1n) is 23.0. The third kappa shape index (κ3) is 31.6. The molecule has 13 heteroatoms. The Kier molecular flexibility index (Phi) is 35.8. The van der Waals surface area contributed by atoms with E-state index in [1.165, 1.54) is 83.5 Å². The van der Waals surface area contributed by atoms with E-state index >= 15 is 0 Å². The second-order valence-electron chi connectivity index (χ2n) is 15.6. The van der Waals surface area contributed by atoms with E-state index in [9.17, 15) is 28.5 Å². The zero-order valence-corrected chi connectivity index (χ0v) is 37.8. The van der Waals surface area contributed by atoms with Crippen molar-refractivity contribution in [3.63, 3.8) is 0 Å². The lowest BCUT2D eigenvalue weighted by Crippen LogP contribution is -2.60. The van der Waals surface area contributed by atoms with Crippen molar-refractivity contribution in [1.29, 1.82) is 0 Å². The van der Waals surface area contributed by atoms with Crippen molar-refractivity contribution in [2.75, 3.05) is 26.4 Å². The number of allylic oxidation sites excluding steroid dienone is 10. The smallest absolute Gasteiger partial charge is 0.397 e. The lowest BCUT2D eigenvalue weighted by Gasteiger charge is -2.41. The van der Waals surface area contributed by atoms with Crippen LogP contribution in [-0.2, 0) is 38.3 Å². The topological polar surface area (TPSA) is 178 Å². The van der Waals surface area contributed by atoms with E-state index in [1.54, 1.807) is 0 Å². The Morgan fingerprint density at radius 1 is 0.650 bits per heavy atom. The fraction of sp³-hybridized carbons (Fsp3) is 0.766. The van der Waals surface area contributed by atoms with Crippen LogP contribution >= 0.6 is 0 Å². The second-order valence-corrected chi connectivity index (χ2v) is 16.7. The van der Waals surface area contributed by atoms with Crippen LogP contribution in [0.1, 0.15) is 168 Å². The normalized spacial score (nSPS) is 20.8. The Morgan fingerprint density at radius 2 is 1.15 bits per heavy atom. The molecule has 6 atom stereocenters. The van der Waals surface area contributed by atoms with E-state index in [0.717, 1.165) is 57.8 Å².